The van der Waals surface area contributed by atoms with Crippen LogP contribution in [0, 0.1) is 0 Å². The number of hydrogen-bond donors (Lipinski definition) is 1. The highest BCUT2D eigenvalue weighted by molar-refractivity contribution is 5.43. The van der Waals surface area contributed by atoms with Crippen LogP contribution in [0.5, 0.6) is 11.5 Å². The standard InChI is InChI=1S/C25H43N3O3/c1-21(2)28-15-13-27(14-16-28)18-22-9-10-24(30-3)25(17-22)31-20-23(29)19-26-11-7-5-4-6-8-12-26/h9-10,17,21,23,29H,4-8,11-16,18-20H2,1-3H3. The van der Waals surface area contributed by atoms with Crippen molar-refractivity contribution in [1.82, 2.24) is 14.7 Å². The van der Waals surface area contributed by atoms with Crippen LogP contribution in [0.1, 0.15) is 51.5 Å². The van der Waals surface area contributed by atoms with Gasteiger partial charge in [-0.3, -0.25) is 9.80 Å². The van der Waals surface area contributed by atoms with Crippen molar-refractivity contribution in [3.63, 3.8) is 0 Å². The molecule has 6 nitrogen and oxygen atoms in total. The van der Waals surface area contributed by atoms with Gasteiger partial charge in [-0.25, -0.2) is 0 Å². The molecule has 1 aromatic rings. The van der Waals surface area contributed by atoms with Crippen molar-refractivity contribution >= 4 is 0 Å². The first-order chi connectivity index (χ1) is 15.0. The van der Waals surface area contributed by atoms with Crippen LogP contribution < -0.4 is 9.47 Å². The van der Waals surface area contributed by atoms with E-state index in [0.29, 0.717) is 19.2 Å². The normalized spacial score (nSPS) is 20.9. The van der Waals surface area contributed by atoms with Crippen molar-refractivity contribution in [2.45, 2.75) is 64.6 Å². The fraction of sp³-hybridized carbons (Fsp3) is 0.760. The number of rotatable bonds is 9. The number of aliphatic hydroxyl groups is 1. The predicted molar refractivity (Wildman–Crippen MR) is 126 cm³/mol. The quantitative estimate of drug-likeness (QED) is 0.645. The summed E-state index contributed by atoms with van der Waals surface area (Å²) in [6.45, 7) is 13.0. The average Bonchev–Trinajstić information content (AvgIpc) is 2.74. The molecule has 0 aromatic heterocycles. The van der Waals surface area contributed by atoms with E-state index < -0.39 is 6.10 Å². The monoisotopic (exact) mass is 433 g/mol. The van der Waals surface area contributed by atoms with Crippen molar-refractivity contribution in [2.75, 3.05) is 59.5 Å². The van der Waals surface area contributed by atoms with Gasteiger partial charge >= 0.3 is 0 Å². The summed E-state index contributed by atoms with van der Waals surface area (Å²) in [5.74, 6) is 1.46. The molecule has 2 heterocycles. The van der Waals surface area contributed by atoms with Crippen LogP contribution >= 0.6 is 0 Å². The van der Waals surface area contributed by atoms with Gasteiger partial charge in [0.1, 0.15) is 12.7 Å². The summed E-state index contributed by atoms with van der Waals surface area (Å²) in [6, 6.07) is 6.81. The molecule has 1 unspecified atom stereocenters. The maximum absolute atomic E-state index is 10.6. The van der Waals surface area contributed by atoms with Gasteiger partial charge < -0.3 is 19.5 Å². The van der Waals surface area contributed by atoms with Gasteiger partial charge in [-0.15, -0.1) is 0 Å². The number of piperazine rings is 1. The van der Waals surface area contributed by atoms with Crippen LogP contribution in [0.2, 0.25) is 0 Å². The molecule has 0 bridgehead atoms. The van der Waals surface area contributed by atoms with Crippen molar-refractivity contribution in [3.05, 3.63) is 23.8 Å². The molecule has 6 heteroatoms. The molecule has 2 aliphatic rings. The lowest BCUT2D eigenvalue weighted by atomic mass is 10.1. The largest absolute Gasteiger partial charge is 0.493 e. The Kier molecular flexibility index (Phi) is 9.91. The van der Waals surface area contributed by atoms with Gasteiger partial charge in [0.2, 0.25) is 0 Å². The second-order valence-electron chi connectivity index (χ2n) is 9.42. The van der Waals surface area contributed by atoms with E-state index in [1.54, 1.807) is 7.11 Å². The van der Waals surface area contributed by atoms with Gasteiger partial charge in [0.05, 0.1) is 7.11 Å². The highest BCUT2D eigenvalue weighted by Crippen LogP contribution is 2.29. The molecule has 176 valence electrons. The summed E-state index contributed by atoms with van der Waals surface area (Å²) in [7, 11) is 1.67. The van der Waals surface area contributed by atoms with Crippen LogP contribution in [0.15, 0.2) is 18.2 Å². The van der Waals surface area contributed by atoms with E-state index >= 15 is 0 Å². The summed E-state index contributed by atoms with van der Waals surface area (Å²) in [6.07, 6.45) is 5.93. The van der Waals surface area contributed by atoms with Crippen LogP contribution in [0.3, 0.4) is 0 Å². The van der Waals surface area contributed by atoms with Gasteiger partial charge in [-0.2, -0.15) is 0 Å². The van der Waals surface area contributed by atoms with Crippen LogP contribution in [-0.4, -0.2) is 91.5 Å². The summed E-state index contributed by atoms with van der Waals surface area (Å²) in [5, 5.41) is 10.6. The number of benzene rings is 1. The number of methoxy groups -OCH3 is 1. The fourth-order valence-electron chi connectivity index (χ4n) is 4.66. The van der Waals surface area contributed by atoms with Crippen molar-refractivity contribution < 1.29 is 14.6 Å². The summed E-state index contributed by atoms with van der Waals surface area (Å²) < 4.78 is 11.5. The Labute approximate surface area is 189 Å². The van der Waals surface area contributed by atoms with Crippen molar-refractivity contribution in [3.8, 4) is 11.5 Å². The molecular formula is C25H43N3O3. The first-order valence-electron chi connectivity index (χ1n) is 12.2. The fourth-order valence-corrected chi connectivity index (χ4v) is 4.66. The average molecular weight is 434 g/mol. The van der Waals surface area contributed by atoms with Gasteiger partial charge in [-0.05, 0) is 57.5 Å². The molecule has 0 spiro atoms. The molecule has 2 aliphatic heterocycles. The summed E-state index contributed by atoms with van der Waals surface area (Å²) >= 11 is 0. The third-order valence-corrected chi connectivity index (χ3v) is 6.62. The van der Waals surface area contributed by atoms with Gasteiger partial charge in [0, 0.05) is 45.3 Å². The lowest BCUT2D eigenvalue weighted by Crippen LogP contribution is -2.48. The second-order valence-corrected chi connectivity index (χ2v) is 9.42. The highest BCUT2D eigenvalue weighted by atomic mass is 16.5. The molecule has 0 aliphatic carbocycles. The Hall–Kier alpha value is -1.34. The maximum atomic E-state index is 10.6. The Morgan fingerprint density at radius 1 is 0.871 bits per heavy atom. The maximum Gasteiger partial charge on any atom is 0.161 e. The molecule has 0 amide bonds. The first-order valence-corrected chi connectivity index (χ1v) is 12.2. The molecular weight excluding hydrogens is 390 g/mol. The topological polar surface area (TPSA) is 48.4 Å². The minimum absolute atomic E-state index is 0.295. The van der Waals surface area contributed by atoms with E-state index in [0.717, 1.165) is 57.3 Å². The third kappa shape index (κ3) is 7.94. The molecule has 1 atom stereocenters. The number of β-amino-alcohol motifs (C(OH)–C–C–N with tert-alkyl or cyclic N) is 1. The zero-order valence-electron chi connectivity index (χ0n) is 19.9. The molecule has 31 heavy (non-hydrogen) atoms. The molecule has 2 saturated heterocycles. The molecule has 1 N–H and O–H groups in total. The number of ether oxygens (including phenoxy) is 2. The minimum Gasteiger partial charge on any atom is -0.493 e. The van der Waals surface area contributed by atoms with E-state index in [1.807, 2.05) is 6.07 Å². The van der Waals surface area contributed by atoms with Crippen LogP contribution in [-0.2, 0) is 6.54 Å². The highest BCUT2D eigenvalue weighted by Gasteiger charge is 2.20. The zero-order chi connectivity index (χ0) is 22.1. The Bertz CT molecular complexity index is 639. The molecule has 0 saturated carbocycles. The van der Waals surface area contributed by atoms with Crippen molar-refractivity contribution in [2.24, 2.45) is 0 Å². The van der Waals surface area contributed by atoms with Gasteiger partial charge in [0.15, 0.2) is 11.5 Å². The van der Waals surface area contributed by atoms with E-state index in [1.165, 1.54) is 37.7 Å². The molecule has 2 fully saturated rings. The lowest BCUT2D eigenvalue weighted by Gasteiger charge is -2.37. The lowest BCUT2D eigenvalue weighted by molar-refractivity contribution is 0.0644. The second kappa shape index (κ2) is 12.6. The summed E-state index contributed by atoms with van der Waals surface area (Å²) in [5.41, 5.74) is 1.23. The Balaban J connectivity index is 1.50. The van der Waals surface area contributed by atoms with E-state index in [2.05, 4.69) is 40.7 Å². The molecule has 1 aromatic carbocycles. The number of likely N-dealkylation sites (tertiary alicyclic amines) is 1. The number of hydrogen-bond acceptors (Lipinski definition) is 6. The molecule has 3 rings (SSSR count). The van der Waals surface area contributed by atoms with E-state index in [9.17, 15) is 5.11 Å². The molecule has 0 radical (unpaired) electrons. The van der Waals surface area contributed by atoms with E-state index in [4.69, 9.17) is 9.47 Å². The Morgan fingerprint density at radius 3 is 2.19 bits per heavy atom. The Morgan fingerprint density at radius 2 is 1.55 bits per heavy atom. The SMILES string of the molecule is COc1ccc(CN2CCN(C(C)C)CC2)cc1OCC(O)CN1CCCCCCC1. The van der Waals surface area contributed by atoms with Crippen LogP contribution in [0.25, 0.3) is 0 Å². The summed E-state index contributed by atoms with van der Waals surface area (Å²) in [4.78, 5) is 7.42. The van der Waals surface area contributed by atoms with Crippen molar-refractivity contribution in [1.29, 1.82) is 0 Å². The van der Waals surface area contributed by atoms with Gasteiger partial charge in [0.25, 0.3) is 0 Å². The number of nitrogens with zero attached hydrogens (tertiary/aromatic N) is 3. The predicted octanol–water partition coefficient (Wildman–Crippen LogP) is 3.23. The number of aliphatic hydroxyl groups excluding tert-OH is 1. The smallest absolute Gasteiger partial charge is 0.161 e. The zero-order valence-corrected chi connectivity index (χ0v) is 19.9. The van der Waals surface area contributed by atoms with E-state index in [-0.39, 0.29) is 0 Å². The minimum atomic E-state index is -0.489. The third-order valence-electron chi connectivity index (χ3n) is 6.62. The van der Waals surface area contributed by atoms with Gasteiger partial charge in [-0.1, -0.05) is 25.3 Å². The first kappa shape index (κ1) is 24.3. The van der Waals surface area contributed by atoms with Crippen LogP contribution in [0.4, 0.5) is 0 Å².